The van der Waals surface area contributed by atoms with Gasteiger partial charge in [-0.25, -0.2) is 0 Å². The SMILES string of the molecule is [C]1=C2C=CC=CC2c2cccc(-c3ccccc3)c21. The van der Waals surface area contributed by atoms with E-state index in [1.54, 1.807) is 0 Å². The molecule has 0 aliphatic heterocycles. The van der Waals surface area contributed by atoms with E-state index in [1.165, 1.54) is 27.8 Å². The molecule has 4 rings (SSSR count). The Morgan fingerprint density at radius 1 is 0.842 bits per heavy atom. The molecule has 0 spiro atoms. The van der Waals surface area contributed by atoms with Crippen LogP contribution in [-0.4, -0.2) is 0 Å². The van der Waals surface area contributed by atoms with Crippen LogP contribution in [0, 0.1) is 6.08 Å². The normalized spacial score (nSPS) is 18.9. The van der Waals surface area contributed by atoms with Gasteiger partial charge in [-0.2, -0.15) is 0 Å². The zero-order valence-corrected chi connectivity index (χ0v) is 10.5. The summed E-state index contributed by atoms with van der Waals surface area (Å²) in [4.78, 5) is 0. The van der Waals surface area contributed by atoms with Gasteiger partial charge < -0.3 is 0 Å². The minimum atomic E-state index is 0.392. The Morgan fingerprint density at radius 3 is 2.63 bits per heavy atom. The highest BCUT2D eigenvalue weighted by Gasteiger charge is 2.25. The molecule has 0 bridgehead atoms. The highest BCUT2D eigenvalue weighted by molar-refractivity contribution is 5.74. The Kier molecular flexibility index (Phi) is 2.28. The fraction of sp³-hybridized carbons (Fsp3) is 0.0526. The van der Waals surface area contributed by atoms with Crippen LogP contribution in [0.3, 0.4) is 0 Å². The van der Waals surface area contributed by atoms with Crippen molar-refractivity contribution in [3.05, 3.63) is 95.6 Å². The molecular weight excluding hydrogens is 228 g/mol. The summed E-state index contributed by atoms with van der Waals surface area (Å²) in [6.45, 7) is 0. The molecule has 0 amide bonds. The van der Waals surface area contributed by atoms with Crippen LogP contribution in [0.4, 0.5) is 0 Å². The van der Waals surface area contributed by atoms with Gasteiger partial charge in [-0.05, 0) is 33.9 Å². The van der Waals surface area contributed by atoms with Crippen molar-refractivity contribution in [3.8, 4) is 11.1 Å². The number of fused-ring (bicyclic) bond motifs is 3. The van der Waals surface area contributed by atoms with Crippen molar-refractivity contribution in [2.45, 2.75) is 5.92 Å². The van der Waals surface area contributed by atoms with Crippen molar-refractivity contribution >= 4 is 0 Å². The fourth-order valence-corrected chi connectivity index (χ4v) is 2.90. The van der Waals surface area contributed by atoms with Gasteiger partial charge in [0.1, 0.15) is 0 Å². The summed E-state index contributed by atoms with van der Waals surface area (Å²) in [5, 5.41) is 0. The quantitative estimate of drug-likeness (QED) is 0.681. The third-order valence-electron chi connectivity index (χ3n) is 3.81. The molecular formula is C19H13. The summed E-state index contributed by atoms with van der Waals surface area (Å²) in [5.74, 6) is 0.392. The van der Waals surface area contributed by atoms with E-state index in [1.807, 2.05) is 0 Å². The van der Waals surface area contributed by atoms with Gasteiger partial charge in [-0.15, -0.1) is 0 Å². The van der Waals surface area contributed by atoms with Gasteiger partial charge in [0.25, 0.3) is 0 Å². The average Bonchev–Trinajstić information content (AvgIpc) is 2.87. The monoisotopic (exact) mass is 241 g/mol. The minimum Gasteiger partial charge on any atom is -0.0726 e. The van der Waals surface area contributed by atoms with E-state index in [2.05, 4.69) is 78.9 Å². The van der Waals surface area contributed by atoms with E-state index >= 15 is 0 Å². The lowest BCUT2D eigenvalue weighted by molar-refractivity contribution is 1.05. The van der Waals surface area contributed by atoms with E-state index in [-0.39, 0.29) is 0 Å². The Bertz CT molecular complexity index is 715. The summed E-state index contributed by atoms with van der Waals surface area (Å²) in [6, 6.07) is 17.1. The van der Waals surface area contributed by atoms with Crippen LogP contribution in [0.15, 0.2) is 78.4 Å². The maximum absolute atomic E-state index is 3.58. The Hall–Kier alpha value is -2.34. The summed E-state index contributed by atoms with van der Waals surface area (Å²) >= 11 is 0. The standard InChI is InChI=1S/C19H13/c1-2-7-14(8-3-1)16-11-6-12-18-17-10-5-4-9-15(17)13-19(16)18/h1-12,17H. The number of benzene rings is 2. The predicted octanol–water partition coefficient (Wildman–Crippen LogP) is 4.65. The van der Waals surface area contributed by atoms with Crippen LogP contribution in [0.5, 0.6) is 0 Å². The topological polar surface area (TPSA) is 0 Å². The lowest BCUT2D eigenvalue weighted by atomic mass is 9.90. The molecule has 2 aliphatic rings. The minimum absolute atomic E-state index is 0.392. The van der Waals surface area contributed by atoms with E-state index in [0.717, 1.165) is 0 Å². The van der Waals surface area contributed by atoms with Crippen LogP contribution in [0.1, 0.15) is 17.0 Å². The first-order chi connectivity index (χ1) is 9.43. The highest BCUT2D eigenvalue weighted by Crippen LogP contribution is 2.41. The van der Waals surface area contributed by atoms with Crippen molar-refractivity contribution in [1.82, 2.24) is 0 Å². The van der Waals surface area contributed by atoms with E-state index in [9.17, 15) is 0 Å². The second-order valence-electron chi connectivity index (χ2n) is 4.94. The van der Waals surface area contributed by atoms with E-state index in [4.69, 9.17) is 0 Å². The lowest BCUT2D eigenvalue weighted by Gasteiger charge is -2.13. The van der Waals surface area contributed by atoms with Crippen LogP contribution in [-0.2, 0) is 0 Å². The molecule has 2 aromatic carbocycles. The average molecular weight is 241 g/mol. The zero-order chi connectivity index (χ0) is 12.7. The first-order valence-corrected chi connectivity index (χ1v) is 6.60. The smallest absolute Gasteiger partial charge is 0.0285 e. The molecule has 0 heterocycles. The maximum Gasteiger partial charge on any atom is 0.0285 e. The van der Waals surface area contributed by atoms with Crippen molar-refractivity contribution < 1.29 is 0 Å². The number of hydrogen-bond donors (Lipinski definition) is 0. The molecule has 2 aromatic rings. The Morgan fingerprint density at radius 2 is 1.74 bits per heavy atom. The molecule has 0 nitrogen and oxygen atoms in total. The molecule has 1 unspecified atom stereocenters. The van der Waals surface area contributed by atoms with Crippen molar-refractivity contribution in [3.63, 3.8) is 0 Å². The van der Waals surface area contributed by atoms with Gasteiger partial charge in [0, 0.05) is 5.92 Å². The fourth-order valence-electron chi connectivity index (χ4n) is 2.90. The molecule has 1 radical (unpaired) electrons. The van der Waals surface area contributed by atoms with Crippen LogP contribution >= 0.6 is 0 Å². The van der Waals surface area contributed by atoms with Crippen LogP contribution < -0.4 is 0 Å². The molecule has 0 saturated heterocycles. The lowest BCUT2D eigenvalue weighted by Crippen LogP contribution is -1.96. The second-order valence-corrected chi connectivity index (χ2v) is 4.94. The summed E-state index contributed by atoms with van der Waals surface area (Å²) in [6.07, 6.45) is 12.2. The molecule has 2 aliphatic carbocycles. The molecule has 89 valence electrons. The van der Waals surface area contributed by atoms with E-state index < -0.39 is 0 Å². The largest absolute Gasteiger partial charge is 0.0726 e. The van der Waals surface area contributed by atoms with Gasteiger partial charge in [0.05, 0.1) is 0 Å². The molecule has 19 heavy (non-hydrogen) atoms. The van der Waals surface area contributed by atoms with Crippen molar-refractivity contribution in [2.75, 3.05) is 0 Å². The van der Waals surface area contributed by atoms with Gasteiger partial charge in [-0.1, -0.05) is 72.8 Å². The summed E-state index contributed by atoms with van der Waals surface area (Å²) < 4.78 is 0. The van der Waals surface area contributed by atoms with Crippen molar-refractivity contribution in [2.24, 2.45) is 0 Å². The van der Waals surface area contributed by atoms with E-state index in [0.29, 0.717) is 5.92 Å². The molecule has 0 fully saturated rings. The summed E-state index contributed by atoms with van der Waals surface area (Å²) in [5.41, 5.74) is 6.45. The molecule has 0 aromatic heterocycles. The van der Waals surface area contributed by atoms with Gasteiger partial charge in [0.15, 0.2) is 0 Å². The first kappa shape index (κ1) is 10.6. The van der Waals surface area contributed by atoms with Gasteiger partial charge in [-0.3, -0.25) is 0 Å². The molecule has 0 saturated carbocycles. The third kappa shape index (κ3) is 1.61. The molecule has 0 N–H and O–H groups in total. The number of rotatable bonds is 1. The second kappa shape index (κ2) is 4.10. The highest BCUT2D eigenvalue weighted by atomic mass is 14.3. The molecule has 0 heteroatoms. The van der Waals surface area contributed by atoms with Crippen molar-refractivity contribution in [1.29, 1.82) is 0 Å². The summed E-state index contributed by atoms with van der Waals surface area (Å²) in [7, 11) is 0. The van der Waals surface area contributed by atoms with Gasteiger partial charge in [0.2, 0.25) is 0 Å². The number of allylic oxidation sites excluding steroid dienone is 5. The Labute approximate surface area is 113 Å². The maximum atomic E-state index is 3.58. The third-order valence-corrected chi connectivity index (χ3v) is 3.81. The van der Waals surface area contributed by atoms with Crippen LogP contribution in [0.2, 0.25) is 0 Å². The first-order valence-electron chi connectivity index (χ1n) is 6.60. The van der Waals surface area contributed by atoms with Gasteiger partial charge >= 0.3 is 0 Å². The Balaban J connectivity index is 1.94. The predicted molar refractivity (Wildman–Crippen MR) is 78.8 cm³/mol. The van der Waals surface area contributed by atoms with Crippen LogP contribution in [0.25, 0.3) is 11.1 Å². The molecule has 1 atom stereocenters. The zero-order valence-electron chi connectivity index (χ0n) is 10.5. The number of hydrogen-bond acceptors (Lipinski definition) is 0.